The Hall–Kier alpha value is -0.830. The molecular weight excluding hydrogens is 244 g/mol. The maximum absolute atomic E-state index is 5.76. The highest BCUT2D eigenvalue weighted by Gasteiger charge is 2.21. The molecule has 0 amide bonds. The first-order valence-electron chi connectivity index (χ1n) is 6.57. The molecule has 1 saturated heterocycles. The van der Waals surface area contributed by atoms with Crippen molar-refractivity contribution in [3.8, 4) is 0 Å². The molecule has 3 heteroatoms. The van der Waals surface area contributed by atoms with Crippen LogP contribution in [0, 0.1) is 0 Å². The summed E-state index contributed by atoms with van der Waals surface area (Å²) in [4.78, 5) is 2.52. The molecule has 0 aliphatic carbocycles. The zero-order valence-electron chi connectivity index (χ0n) is 10.7. The Morgan fingerprint density at radius 2 is 2.17 bits per heavy atom. The number of likely N-dealkylation sites (tertiary alicyclic amines) is 1. The normalized spacial score (nSPS) is 20.2. The Morgan fingerprint density at radius 3 is 2.89 bits per heavy atom. The van der Waals surface area contributed by atoms with Crippen molar-refractivity contribution in [3.05, 3.63) is 47.5 Å². The van der Waals surface area contributed by atoms with E-state index in [-0.39, 0.29) is 0 Å². The van der Waals surface area contributed by atoms with Gasteiger partial charge in [0.05, 0.1) is 0 Å². The van der Waals surface area contributed by atoms with Gasteiger partial charge in [-0.1, -0.05) is 48.5 Å². The molecular formula is C15H21ClN2. The van der Waals surface area contributed by atoms with Crippen molar-refractivity contribution < 1.29 is 0 Å². The molecule has 1 aliphatic rings. The lowest BCUT2D eigenvalue weighted by atomic mass is 10.1. The maximum Gasteiger partial charge on any atom is 0.0310 e. The lowest BCUT2D eigenvalue weighted by Gasteiger charge is -2.16. The molecule has 1 atom stereocenters. The SMILES string of the molecule is C=C(Cl)CNC1CCN(CCc2ccccc2)C1. The van der Waals surface area contributed by atoms with E-state index in [0.717, 1.165) is 26.1 Å². The Balaban J connectivity index is 1.68. The van der Waals surface area contributed by atoms with Crippen molar-refractivity contribution in [2.24, 2.45) is 0 Å². The monoisotopic (exact) mass is 264 g/mol. The van der Waals surface area contributed by atoms with Gasteiger partial charge in [-0.25, -0.2) is 0 Å². The van der Waals surface area contributed by atoms with Crippen molar-refractivity contribution in [2.45, 2.75) is 18.9 Å². The van der Waals surface area contributed by atoms with Crippen LogP contribution < -0.4 is 5.32 Å². The van der Waals surface area contributed by atoms with Gasteiger partial charge in [-0.3, -0.25) is 0 Å². The predicted octanol–water partition coefficient (Wildman–Crippen LogP) is 2.65. The third-order valence-corrected chi connectivity index (χ3v) is 3.55. The summed E-state index contributed by atoms with van der Waals surface area (Å²) < 4.78 is 0. The molecule has 0 radical (unpaired) electrons. The number of hydrogen-bond donors (Lipinski definition) is 1. The molecule has 2 nitrogen and oxygen atoms in total. The van der Waals surface area contributed by atoms with E-state index in [1.54, 1.807) is 0 Å². The minimum atomic E-state index is 0.566. The molecule has 1 aliphatic heterocycles. The van der Waals surface area contributed by atoms with Crippen LogP contribution in [0.3, 0.4) is 0 Å². The van der Waals surface area contributed by atoms with Gasteiger partial charge in [0.15, 0.2) is 0 Å². The molecule has 1 heterocycles. The summed E-state index contributed by atoms with van der Waals surface area (Å²) >= 11 is 5.76. The third kappa shape index (κ3) is 4.45. The molecule has 18 heavy (non-hydrogen) atoms. The molecule has 98 valence electrons. The number of rotatable bonds is 6. The fraction of sp³-hybridized carbons (Fsp3) is 0.467. The molecule has 1 aromatic carbocycles. The van der Waals surface area contributed by atoms with Crippen LogP contribution in [-0.4, -0.2) is 37.1 Å². The van der Waals surface area contributed by atoms with Crippen LogP contribution in [0.25, 0.3) is 0 Å². The second kappa shape index (κ2) is 6.93. The highest BCUT2D eigenvalue weighted by atomic mass is 35.5. The summed E-state index contributed by atoms with van der Waals surface area (Å²) in [6.07, 6.45) is 2.34. The second-order valence-electron chi connectivity index (χ2n) is 4.92. The number of nitrogens with zero attached hydrogens (tertiary/aromatic N) is 1. The molecule has 2 rings (SSSR count). The summed E-state index contributed by atoms with van der Waals surface area (Å²) in [5.41, 5.74) is 1.42. The Bertz CT molecular complexity index is 377. The second-order valence-corrected chi connectivity index (χ2v) is 5.45. The average molecular weight is 265 g/mol. The summed E-state index contributed by atoms with van der Waals surface area (Å²) in [6, 6.07) is 11.2. The van der Waals surface area contributed by atoms with Gasteiger partial charge >= 0.3 is 0 Å². The summed E-state index contributed by atoms with van der Waals surface area (Å²) in [5, 5.41) is 4.13. The first kappa shape index (κ1) is 13.6. The van der Waals surface area contributed by atoms with E-state index in [1.165, 1.54) is 18.5 Å². The van der Waals surface area contributed by atoms with Gasteiger partial charge in [-0.05, 0) is 24.9 Å². The number of halogens is 1. The first-order chi connectivity index (χ1) is 8.74. The standard InChI is InChI=1S/C15H21ClN2/c1-13(16)11-17-15-8-10-18(12-15)9-7-14-5-3-2-4-6-14/h2-6,15,17H,1,7-12H2. The van der Waals surface area contributed by atoms with Crippen LogP contribution in [0.2, 0.25) is 0 Å². The minimum absolute atomic E-state index is 0.566. The van der Waals surface area contributed by atoms with Crippen LogP contribution in [-0.2, 0) is 6.42 Å². The van der Waals surface area contributed by atoms with Crippen LogP contribution in [0.5, 0.6) is 0 Å². The van der Waals surface area contributed by atoms with E-state index in [4.69, 9.17) is 11.6 Å². The third-order valence-electron chi connectivity index (χ3n) is 3.41. The van der Waals surface area contributed by atoms with E-state index in [9.17, 15) is 0 Å². The number of hydrogen-bond acceptors (Lipinski definition) is 2. The van der Waals surface area contributed by atoms with E-state index >= 15 is 0 Å². The van der Waals surface area contributed by atoms with Gasteiger partial charge in [0, 0.05) is 30.7 Å². The molecule has 1 N–H and O–H groups in total. The Labute approximate surface area is 115 Å². The average Bonchev–Trinajstić information content (AvgIpc) is 2.83. The van der Waals surface area contributed by atoms with Crippen LogP contribution in [0.1, 0.15) is 12.0 Å². The zero-order valence-corrected chi connectivity index (χ0v) is 11.5. The van der Waals surface area contributed by atoms with Gasteiger partial charge in [0.1, 0.15) is 0 Å². The first-order valence-corrected chi connectivity index (χ1v) is 6.95. The van der Waals surface area contributed by atoms with Crippen molar-refractivity contribution in [3.63, 3.8) is 0 Å². The highest BCUT2D eigenvalue weighted by Crippen LogP contribution is 2.11. The van der Waals surface area contributed by atoms with E-state index in [0.29, 0.717) is 11.1 Å². The quantitative estimate of drug-likeness (QED) is 0.850. The van der Waals surface area contributed by atoms with Crippen molar-refractivity contribution >= 4 is 11.6 Å². The van der Waals surface area contributed by atoms with Crippen molar-refractivity contribution in [1.29, 1.82) is 0 Å². The topological polar surface area (TPSA) is 15.3 Å². The molecule has 1 unspecified atom stereocenters. The smallest absolute Gasteiger partial charge is 0.0310 e. The van der Waals surface area contributed by atoms with E-state index in [1.807, 2.05) is 0 Å². The molecule has 0 saturated carbocycles. The lowest BCUT2D eigenvalue weighted by molar-refractivity contribution is 0.333. The van der Waals surface area contributed by atoms with Gasteiger partial charge in [-0.15, -0.1) is 0 Å². The van der Waals surface area contributed by atoms with E-state index in [2.05, 4.69) is 47.1 Å². The Morgan fingerprint density at radius 1 is 1.39 bits per heavy atom. The molecule has 0 bridgehead atoms. The molecule has 0 aromatic heterocycles. The number of benzene rings is 1. The van der Waals surface area contributed by atoms with E-state index < -0.39 is 0 Å². The van der Waals surface area contributed by atoms with Gasteiger partial charge in [0.25, 0.3) is 0 Å². The van der Waals surface area contributed by atoms with Crippen molar-refractivity contribution in [1.82, 2.24) is 10.2 Å². The maximum atomic E-state index is 5.76. The van der Waals surface area contributed by atoms with Crippen LogP contribution >= 0.6 is 11.6 Å². The summed E-state index contributed by atoms with van der Waals surface area (Å²) in [7, 11) is 0. The minimum Gasteiger partial charge on any atom is -0.308 e. The van der Waals surface area contributed by atoms with Crippen LogP contribution in [0.15, 0.2) is 41.9 Å². The fourth-order valence-corrected chi connectivity index (χ4v) is 2.47. The van der Waals surface area contributed by atoms with Gasteiger partial charge < -0.3 is 10.2 Å². The van der Waals surface area contributed by atoms with Crippen LogP contribution in [0.4, 0.5) is 0 Å². The lowest BCUT2D eigenvalue weighted by Crippen LogP contribution is -2.33. The highest BCUT2D eigenvalue weighted by molar-refractivity contribution is 6.29. The zero-order chi connectivity index (χ0) is 12.8. The molecule has 1 fully saturated rings. The number of nitrogens with one attached hydrogen (secondary N) is 1. The fourth-order valence-electron chi connectivity index (χ4n) is 2.39. The summed E-state index contributed by atoms with van der Waals surface area (Å²) in [6.45, 7) is 7.87. The largest absolute Gasteiger partial charge is 0.308 e. The Kier molecular flexibility index (Phi) is 5.24. The summed E-state index contributed by atoms with van der Waals surface area (Å²) in [5.74, 6) is 0. The van der Waals surface area contributed by atoms with Gasteiger partial charge in [-0.2, -0.15) is 0 Å². The van der Waals surface area contributed by atoms with Gasteiger partial charge in [0.2, 0.25) is 0 Å². The molecule has 1 aromatic rings. The van der Waals surface area contributed by atoms with Crippen molar-refractivity contribution in [2.75, 3.05) is 26.2 Å². The predicted molar refractivity (Wildman–Crippen MR) is 78.0 cm³/mol. The molecule has 0 spiro atoms.